The number of aryl methyl sites for hydroxylation is 2. The molecular weight excluding hydrogens is 410 g/mol. The van der Waals surface area contributed by atoms with Crippen molar-refractivity contribution in [3.05, 3.63) is 69.2 Å². The molecule has 0 radical (unpaired) electrons. The van der Waals surface area contributed by atoms with E-state index in [9.17, 15) is 4.79 Å². The number of hydrogen-bond donors (Lipinski definition) is 0. The number of halogens is 1. The Kier molecular flexibility index (Phi) is 5.32. The molecule has 0 fully saturated rings. The van der Waals surface area contributed by atoms with Crippen LogP contribution < -0.4 is 5.56 Å². The van der Waals surface area contributed by atoms with E-state index < -0.39 is 0 Å². The minimum atomic E-state index is -0.120. The number of nitrogens with zero attached hydrogens (tertiary/aromatic N) is 5. The Bertz CT molecular complexity index is 1350. The summed E-state index contributed by atoms with van der Waals surface area (Å²) < 4.78 is 3.49. The van der Waals surface area contributed by atoms with Crippen molar-refractivity contribution < 1.29 is 0 Å². The second-order valence-corrected chi connectivity index (χ2v) is 8.46. The van der Waals surface area contributed by atoms with Gasteiger partial charge in [-0.25, -0.2) is 4.52 Å². The van der Waals surface area contributed by atoms with E-state index in [-0.39, 0.29) is 5.56 Å². The molecule has 4 aromatic rings. The largest absolute Gasteiger partial charge is 0.313 e. The highest BCUT2D eigenvalue weighted by molar-refractivity contribution is 6.30. The molecule has 0 saturated carbocycles. The second kappa shape index (κ2) is 8.27. The topological polar surface area (TPSA) is 65.1 Å². The minimum absolute atomic E-state index is 0.120. The van der Waals surface area contributed by atoms with Crippen LogP contribution in [-0.2, 0) is 13.0 Å². The van der Waals surface area contributed by atoms with E-state index in [1.807, 2.05) is 36.5 Å². The Labute approximate surface area is 185 Å². The lowest BCUT2D eigenvalue weighted by Crippen LogP contribution is -2.22. The van der Waals surface area contributed by atoms with Gasteiger partial charge in [0, 0.05) is 17.8 Å². The van der Waals surface area contributed by atoms with E-state index in [2.05, 4.69) is 23.2 Å². The maximum Gasteiger partial charge on any atom is 0.280 e. The number of hydrogen-bond acceptors (Lipinski definition) is 4. The van der Waals surface area contributed by atoms with Gasteiger partial charge in [0.05, 0.1) is 11.3 Å². The molecule has 0 bridgehead atoms. The number of benzene rings is 1. The van der Waals surface area contributed by atoms with Crippen molar-refractivity contribution in [3.63, 3.8) is 0 Å². The van der Waals surface area contributed by atoms with Gasteiger partial charge in [-0.3, -0.25) is 4.79 Å². The molecule has 3 heterocycles. The molecule has 0 N–H and O–H groups in total. The van der Waals surface area contributed by atoms with Crippen molar-refractivity contribution in [2.24, 2.45) is 0 Å². The fourth-order valence-corrected chi connectivity index (χ4v) is 4.49. The monoisotopic (exact) mass is 433 g/mol. The van der Waals surface area contributed by atoms with Gasteiger partial charge in [0.1, 0.15) is 5.52 Å². The van der Waals surface area contributed by atoms with Gasteiger partial charge in [-0.05, 0) is 62.3 Å². The predicted octanol–water partition coefficient (Wildman–Crippen LogP) is 5.21. The molecule has 6 nitrogen and oxygen atoms in total. The summed E-state index contributed by atoms with van der Waals surface area (Å²) in [5.74, 6) is 0. The molecular formula is C24H24ClN5O. The molecule has 1 aliphatic rings. The number of fused-ring (bicyclic) bond motifs is 3. The second-order valence-electron chi connectivity index (χ2n) is 8.02. The number of pyridine rings is 1. The summed E-state index contributed by atoms with van der Waals surface area (Å²) in [5.41, 5.74) is 5.84. The fourth-order valence-electron chi connectivity index (χ4n) is 4.36. The van der Waals surface area contributed by atoms with Crippen LogP contribution in [-0.4, -0.2) is 24.4 Å². The molecule has 31 heavy (non-hydrogen) atoms. The lowest BCUT2D eigenvalue weighted by atomic mass is 9.97. The van der Waals surface area contributed by atoms with Crippen molar-refractivity contribution in [1.29, 1.82) is 0 Å². The first-order valence-electron chi connectivity index (χ1n) is 10.9. The van der Waals surface area contributed by atoms with E-state index in [0.717, 1.165) is 42.5 Å². The summed E-state index contributed by atoms with van der Waals surface area (Å²) in [6.45, 7) is 2.72. The third kappa shape index (κ3) is 3.65. The average molecular weight is 434 g/mol. The molecule has 0 saturated heterocycles. The summed E-state index contributed by atoms with van der Waals surface area (Å²) >= 11 is 6.06. The lowest BCUT2D eigenvalue weighted by Gasteiger charge is -2.13. The number of rotatable bonds is 5. The van der Waals surface area contributed by atoms with Gasteiger partial charge in [0.2, 0.25) is 0 Å². The van der Waals surface area contributed by atoms with E-state index in [0.29, 0.717) is 28.2 Å². The average Bonchev–Trinajstić information content (AvgIpc) is 3.19. The molecule has 0 aliphatic heterocycles. The fraction of sp³-hybridized carbons (Fsp3) is 0.333. The van der Waals surface area contributed by atoms with Crippen LogP contribution >= 0.6 is 11.6 Å². The van der Waals surface area contributed by atoms with Gasteiger partial charge in [-0.2, -0.15) is 5.10 Å². The molecule has 158 valence electrons. The molecule has 7 heteroatoms. The summed E-state index contributed by atoms with van der Waals surface area (Å²) in [7, 11) is 0. The molecule has 1 aromatic carbocycles. The molecule has 3 aromatic heterocycles. The number of allylic oxidation sites excluding steroid dienone is 2. The maximum atomic E-state index is 13.1. The third-order valence-electron chi connectivity index (χ3n) is 6.05. The van der Waals surface area contributed by atoms with Crippen molar-refractivity contribution >= 4 is 28.3 Å². The first-order valence-corrected chi connectivity index (χ1v) is 11.2. The van der Waals surface area contributed by atoms with Gasteiger partial charge < -0.3 is 4.57 Å². The molecule has 0 atom stereocenters. The maximum absolute atomic E-state index is 13.1. The summed E-state index contributed by atoms with van der Waals surface area (Å²) in [6, 6.07) is 9.56. The Morgan fingerprint density at radius 1 is 1.10 bits per heavy atom. The highest BCUT2D eigenvalue weighted by atomic mass is 35.5. The van der Waals surface area contributed by atoms with Gasteiger partial charge in [-0.15, -0.1) is 10.2 Å². The first kappa shape index (κ1) is 19.9. The smallest absolute Gasteiger partial charge is 0.280 e. The molecule has 1 aliphatic carbocycles. The highest BCUT2D eigenvalue weighted by Gasteiger charge is 2.18. The first-order chi connectivity index (χ1) is 15.2. The normalized spacial score (nSPS) is 14.3. The molecule has 0 spiro atoms. The van der Waals surface area contributed by atoms with Crippen LogP contribution in [0.15, 0.2) is 53.0 Å². The van der Waals surface area contributed by atoms with Crippen molar-refractivity contribution in [1.82, 2.24) is 24.4 Å². The Hall–Kier alpha value is -2.99. The van der Waals surface area contributed by atoms with Crippen molar-refractivity contribution in [2.45, 2.75) is 52.0 Å². The zero-order valence-corrected chi connectivity index (χ0v) is 18.3. The van der Waals surface area contributed by atoms with Crippen molar-refractivity contribution in [2.75, 3.05) is 0 Å². The van der Waals surface area contributed by atoms with E-state index in [1.54, 1.807) is 9.08 Å². The van der Waals surface area contributed by atoms with E-state index in [4.69, 9.17) is 16.7 Å². The van der Waals surface area contributed by atoms with Crippen LogP contribution in [0.3, 0.4) is 0 Å². The minimum Gasteiger partial charge on any atom is -0.313 e. The van der Waals surface area contributed by atoms with Gasteiger partial charge >= 0.3 is 0 Å². The predicted molar refractivity (Wildman–Crippen MR) is 124 cm³/mol. The highest BCUT2D eigenvalue weighted by Crippen LogP contribution is 2.30. The van der Waals surface area contributed by atoms with E-state index in [1.165, 1.54) is 18.4 Å². The van der Waals surface area contributed by atoms with Crippen LogP contribution in [0.4, 0.5) is 0 Å². The van der Waals surface area contributed by atoms with Gasteiger partial charge in [-0.1, -0.05) is 42.3 Å². The molecule has 0 amide bonds. The quantitative estimate of drug-likeness (QED) is 0.405. The zero-order chi connectivity index (χ0) is 21.4. The van der Waals surface area contributed by atoms with Gasteiger partial charge in [0.15, 0.2) is 11.2 Å². The van der Waals surface area contributed by atoms with Crippen LogP contribution in [0, 0.1) is 0 Å². The lowest BCUT2D eigenvalue weighted by molar-refractivity contribution is 0.615. The Morgan fingerprint density at radius 3 is 2.68 bits per heavy atom. The SMILES string of the molecule is CCc1nn2c(nnc3c(=O)n(CCC4=CCCCC4)ccc32)c1-c1ccc(Cl)cc1. The standard InChI is InChI=1S/C24H24ClN5O/c1-2-19-21(17-8-10-18(25)11-9-17)23-27-26-22-20(30(23)28-19)13-15-29(24(22)31)14-12-16-6-4-3-5-7-16/h6,8-11,13,15H,2-5,7,12,14H2,1H3. The van der Waals surface area contributed by atoms with Crippen LogP contribution in [0.2, 0.25) is 5.02 Å². The van der Waals surface area contributed by atoms with Crippen LogP contribution in [0.5, 0.6) is 0 Å². The van der Waals surface area contributed by atoms with Crippen LogP contribution in [0.1, 0.15) is 44.7 Å². The molecule has 5 rings (SSSR count). The Morgan fingerprint density at radius 2 is 1.94 bits per heavy atom. The summed E-state index contributed by atoms with van der Waals surface area (Å²) in [5, 5.41) is 14.2. The number of aromatic nitrogens is 5. The van der Waals surface area contributed by atoms with E-state index >= 15 is 0 Å². The third-order valence-corrected chi connectivity index (χ3v) is 6.30. The zero-order valence-electron chi connectivity index (χ0n) is 17.5. The Balaban J connectivity index is 1.59. The van der Waals surface area contributed by atoms with Crippen molar-refractivity contribution in [3.8, 4) is 11.1 Å². The molecule has 0 unspecified atom stereocenters. The summed E-state index contributed by atoms with van der Waals surface area (Å²) in [6.07, 6.45) is 10.6. The summed E-state index contributed by atoms with van der Waals surface area (Å²) in [4.78, 5) is 13.1. The van der Waals surface area contributed by atoms with Crippen LogP contribution in [0.25, 0.3) is 27.8 Å². The van der Waals surface area contributed by atoms with Gasteiger partial charge in [0.25, 0.3) is 5.56 Å².